The topological polar surface area (TPSA) is 84.1 Å². The number of rotatable bonds is 4. The summed E-state index contributed by atoms with van der Waals surface area (Å²) in [6, 6.07) is 6.82. The van der Waals surface area contributed by atoms with Crippen molar-refractivity contribution >= 4 is 23.4 Å². The molecule has 0 unspecified atom stereocenters. The number of ether oxygens (including phenoxy) is 3. The molecule has 0 spiro atoms. The predicted octanol–water partition coefficient (Wildman–Crippen LogP) is 2.48. The Morgan fingerprint density at radius 1 is 1.24 bits per heavy atom. The molecule has 176 valence electrons. The number of hydrogen-bond donors (Lipinski definition) is 0. The largest absolute Gasteiger partial charge is 0.463 e. The molecule has 2 aromatic heterocycles. The number of thiazole rings is 1. The van der Waals surface area contributed by atoms with E-state index in [1.807, 2.05) is 39.1 Å². The highest BCUT2D eigenvalue weighted by atomic mass is 32.1. The van der Waals surface area contributed by atoms with Crippen molar-refractivity contribution in [1.29, 1.82) is 0 Å². The van der Waals surface area contributed by atoms with Crippen LogP contribution in [0.25, 0.3) is 6.08 Å². The molecule has 0 fully saturated rings. The third kappa shape index (κ3) is 3.47. The maximum atomic E-state index is 13.7. The summed E-state index contributed by atoms with van der Waals surface area (Å²) in [7, 11) is 2.00. The molecule has 0 saturated heterocycles. The Balaban J connectivity index is 1.74. The number of fused-ring (bicyclic) bond motifs is 2. The van der Waals surface area contributed by atoms with Crippen molar-refractivity contribution in [2.24, 2.45) is 12.0 Å². The number of aryl methyl sites for hydroxylation is 1. The molecule has 34 heavy (non-hydrogen) atoms. The number of allylic oxidation sites excluding steroid dienone is 1. The fourth-order valence-electron chi connectivity index (χ4n) is 4.36. The molecule has 1 aromatic carbocycles. The van der Waals surface area contributed by atoms with Crippen LogP contribution in [0.15, 0.2) is 45.3 Å². The number of carbonyl (C=O) groups is 1. The Hall–Kier alpha value is -3.59. The SMILES string of the molecule is CCOC(=O)C1=C(C)N=c2s/c(=C/c3cc(C)n(C)c3C)c(=O)n2[C@@H]1c1ccc2c(c1)OCO2. The highest BCUT2D eigenvalue weighted by Gasteiger charge is 2.34. The molecular formula is C25H25N3O5S. The van der Waals surface area contributed by atoms with E-state index in [0.29, 0.717) is 32.1 Å². The zero-order valence-electron chi connectivity index (χ0n) is 19.7. The number of hydrogen-bond acceptors (Lipinski definition) is 7. The van der Waals surface area contributed by atoms with Crippen LogP contribution in [-0.4, -0.2) is 28.5 Å². The molecule has 0 N–H and O–H groups in total. The fraction of sp³-hybridized carbons (Fsp3) is 0.320. The van der Waals surface area contributed by atoms with E-state index < -0.39 is 12.0 Å². The van der Waals surface area contributed by atoms with Crippen LogP contribution in [0.2, 0.25) is 0 Å². The first-order valence-corrected chi connectivity index (χ1v) is 11.8. The minimum atomic E-state index is -0.689. The van der Waals surface area contributed by atoms with Crippen molar-refractivity contribution < 1.29 is 19.0 Å². The van der Waals surface area contributed by atoms with Crippen molar-refractivity contribution in [3.05, 3.63) is 77.7 Å². The van der Waals surface area contributed by atoms with E-state index in [-0.39, 0.29) is 19.0 Å². The van der Waals surface area contributed by atoms with Gasteiger partial charge in [0.05, 0.1) is 28.5 Å². The first kappa shape index (κ1) is 22.2. The zero-order valence-corrected chi connectivity index (χ0v) is 20.5. The van der Waals surface area contributed by atoms with Crippen LogP contribution in [0.3, 0.4) is 0 Å². The second kappa shape index (κ2) is 8.32. The van der Waals surface area contributed by atoms with Gasteiger partial charge in [0.25, 0.3) is 5.56 Å². The summed E-state index contributed by atoms with van der Waals surface area (Å²) in [5.41, 5.74) is 4.54. The first-order valence-electron chi connectivity index (χ1n) is 11.0. The van der Waals surface area contributed by atoms with Gasteiger partial charge in [-0.05, 0) is 63.1 Å². The number of carbonyl (C=O) groups excluding carboxylic acids is 1. The van der Waals surface area contributed by atoms with Gasteiger partial charge < -0.3 is 18.8 Å². The Labute approximate surface area is 200 Å². The summed E-state index contributed by atoms with van der Waals surface area (Å²) in [5, 5.41) is 0. The monoisotopic (exact) mass is 479 g/mol. The lowest BCUT2D eigenvalue weighted by Gasteiger charge is -2.24. The maximum absolute atomic E-state index is 13.7. The number of esters is 1. The normalized spacial score (nSPS) is 17.1. The smallest absolute Gasteiger partial charge is 0.338 e. The molecule has 0 saturated carbocycles. The molecule has 0 radical (unpaired) electrons. The molecule has 2 aliphatic rings. The second-order valence-electron chi connectivity index (χ2n) is 8.30. The van der Waals surface area contributed by atoms with Crippen molar-refractivity contribution in [3.8, 4) is 11.5 Å². The minimum absolute atomic E-state index is 0.136. The first-order chi connectivity index (χ1) is 16.3. The second-order valence-corrected chi connectivity index (χ2v) is 9.31. The van der Waals surface area contributed by atoms with E-state index in [1.54, 1.807) is 24.5 Å². The molecule has 2 aliphatic heterocycles. The van der Waals surface area contributed by atoms with Gasteiger partial charge in [0.1, 0.15) is 0 Å². The van der Waals surface area contributed by atoms with Gasteiger partial charge in [-0.1, -0.05) is 17.4 Å². The predicted molar refractivity (Wildman–Crippen MR) is 128 cm³/mol. The third-order valence-electron chi connectivity index (χ3n) is 6.33. The van der Waals surface area contributed by atoms with Gasteiger partial charge >= 0.3 is 5.97 Å². The Kier molecular flexibility index (Phi) is 5.44. The molecule has 0 aliphatic carbocycles. The van der Waals surface area contributed by atoms with Gasteiger partial charge in [-0.3, -0.25) is 9.36 Å². The van der Waals surface area contributed by atoms with Crippen LogP contribution in [-0.2, 0) is 16.6 Å². The Bertz CT molecular complexity index is 1540. The lowest BCUT2D eigenvalue weighted by molar-refractivity contribution is -0.139. The number of benzene rings is 1. The van der Waals surface area contributed by atoms with Crippen molar-refractivity contribution in [1.82, 2.24) is 9.13 Å². The highest BCUT2D eigenvalue weighted by Crippen LogP contribution is 2.38. The van der Waals surface area contributed by atoms with E-state index in [0.717, 1.165) is 22.5 Å². The van der Waals surface area contributed by atoms with Crippen LogP contribution < -0.4 is 24.4 Å². The highest BCUT2D eigenvalue weighted by molar-refractivity contribution is 7.07. The van der Waals surface area contributed by atoms with Gasteiger partial charge in [0.15, 0.2) is 16.3 Å². The molecule has 5 rings (SSSR count). The zero-order chi connectivity index (χ0) is 24.1. The van der Waals surface area contributed by atoms with E-state index in [1.165, 1.54) is 11.3 Å². The maximum Gasteiger partial charge on any atom is 0.338 e. The quantitative estimate of drug-likeness (QED) is 0.537. The molecule has 1 atom stereocenters. The van der Waals surface area contributed by atoms with Gasteiger partial charge in [0.2, 0.25) is 6.79 Å². The third-order valence-corrected chi connectivity index (χ3v) is 7.31. The molecular weight excluding hydrogens is 454 g/mol. The van der Waals surface area contributed by atoms with Gasteiger partial charge in [0, 0.05) is 18.4 Å². The minimum Gasteiger partial charge on any atom is -0.463 e. The summed E-state index contributed by atoms with van der Waals surface area (Å²) >= 11 is 1.31. The standard InChI is InChI=1S/C25H25N3O5S/c1-6-31-24(30)21-14(3)26-25-28(22(21)16-7-8-18-19(10-16)33-12-32-18)23(29)20(34-25)11-17-9-13(2)27(5)15(17)4/h7-11,22H,6,12H2,1-5H3/b20-11+/t22-/m1/s1. The summed E-state index contributed by atoms with van der Waals surface area (Å²) in [5.74, 6) is 0.715. The molecule has 0 bridgehead atoms. The van der Waals surface area contributed by atoms with Gasteiger partial charge in [-0.15, -0.1) is 0 Å². The van der Waals surface area contributed by atoms with E-state index in [9.17, 15) is 9.59 Å². The average Bonchev–Trinajstić information content (AvgIpc) is 3.46. The average molecular weight is 480 g/mol. The summed E-state index contributed by atoms with van der Waals surface area (Å²) in [6.45, 7) is 7.93. The van der Waals surface area contributed by atoms with Crippen LogP contribution >= 0.6 is 11.3 Å². The van der Waals surface area contributed by atoms with Crippen molar-refractivity contribution in [3.63, 3.8) is 0 Å². The van der Waals surface area contributed by atoms with Crippen molar-refractivity contribution in [2.45, 2.75) is 33.7 Å². The number of nitrogens with zero attached hydrogens (tertiary/aromatic N) is 3. The van der Waals surface area contributed by atoms with E-state index >= 15 is 0 Å². The molecule has 3 aromatic rings. The molecule has 0 amide bonds. The lowest BCUT2D eigenvalue weighted by Crippen LogP contribution is -2.39. The van der Waals surface area contributed by atoms with Crippen molar-refractivity contribution in [2.75, 3.05) is 13.4 Å². The van der Waals surface area contributed by atoms with Crippen LogP contribution in [0.4, 0.5) is 0 Å². The summed E-state index contributed by atoms with van der Waals surface area (Å²) in [4.78, 5) is 31.9. The van der Waals surface area contributed by atoms with E-state index in [2.05, 4.69) is 15.6 Å². The molecule has 4 heterocycles. The number of aromatic nitrogens is 2. The van der Waals surface area contributed by atoms with Crippen LogP contribution in [0.5, 0.6) is 11.5 Å². The Morgan fingerprint density at radius 3 is 2.71 bits per heavy atom. The van der Waals surface area contributed by atoms with Gasteiger partial charge in [-0.2, -0.15) is 0 Å². The van der Waals surface area contributed by atoms with E-state index in [4.69, 9.17) is 14.2 Å². The fourth-order valence-corrected chi connectivity index (χ4v) is 5.40. The Morgan fingerprint density at radius 2 is 2.00 bits per heavy atom. The molecule has 8 nitrogen and oxygen atoms in total. The molecule has 9 heteroatoms. The lowest BCUT2D eigenvalue weighted by atomic mass is 9.95. The summed E-state index contributed by atoms with van der Waals surface area (Å²) < 4.78 is 20.6. The van der Waals surface area contributed by atoms with Crippen LogP contribution in [0, 0.1) is 13.8 Å². The van der Waals surface area contributed by atoms with Crippen LogP contribution in [0.1, 0.15) is 42.4 Å². The van der Waals surface area contributed by atoms with Gasteiger partial charge in [-0.25, -0.2) is 9.79 Å². The summed E-state index contributed by atoms with van der Waals surface area (Å²) in [6.07, 6.45) is 1.90.